The molecule has 0 unspecified atom stereocenters. The molecule has 6 nitrogen and oxygen atoms in total. The number of carbonyl (C=O) groups is 1. The summed E-state index contributed by atoms with van der Waals surface area (Å²) < 4.78 is 27.9. The number of amides is 1. The van der Waals surface area contributed by atoms with Gasteiger partial charge in [-0.3, -0.25) is 14.5 Å². The zero-order valence-electron chi connectivity index (χ0n) is 15.4. The number of anilines is 1. The average molecular weight is 406 g/mol. The maximum absolute atomic E-state index is 12.7. The van der Waals surface area contributed by atoms with Crippen molar-refractivity contribution in [3.8, 4) is 0 Å². The summed E-state index contributed by atoms with van der Waals surface area (Å²) in [6, 6.07) is 8.45. The second kappa shape index (κ2) is 8.31. The first kappa shape index (κ1) is 19.7. The molecule has 144 valence electrons. The Balaban J connectivity index is 1.80. The maximum atomic E-state index is 12.7. The molecule has 1 amide bonds. The van der Waals surface area contributed by atoms with Gasteiger partial charge in [-0.1, -0.05) is 13.0 Å². The summed E-state index contributed by atoms with van der Waals surface area (Å²) in [5, 5.41) is -0.0873. The van der Waals surface area contributed by atoms with Crippen LogP contribution in [0, 0.1) is 0 Å². The van der Waals surface area contributed by atoms with E-state index in [1.807, 2.05) is 24.8 Å². The van der Waals surface area contributed by atoms with Crippen molar-refractivity contribution in [2.24, 2.45) is 0 Å². The Morgan fingerprint density at radius 3 is 2.85 bits per heavy atom. The Bertz CT molecular complexity index is 917. The van der Waals surface area contributed by atoms with Gasteiger partial charge in [0.2, 0.25) is 5.91 Å². The van der Waals surface area contributed by atoms with Crippen molar-refractivity contribution < 1.29 is 13.2 Å². The zero-order chi connectivity index (χ0) is 19.4. The van der Waals surface area contributed by atoms with Gasteiger partial charge in [-0.05, 0) is 54.5 Å². The second-order valence-electron chi connectivity index (χ2n) is 6.39. The lowest BCUT2D eigenvalue weighted by Crippen LogP contribution is -2.40. The third-order valence-corrected chi connectivity index (χ3v) is 6.90. The number of pyridine rings is 1. The predicted octanol–water partition coefficient (Wildman–Crippen LogP) is 2.91. The number of rotatable bonds is 6. The molecule has 0 radical (unpaired) electrons. The Hall–Kier alpha value is -2.06. The van der Waals surface area contributed by atoms with Crippen molar-refractivity contribution in [1.29, 1.82) is 0 Å². The van der Waals surface area contributed by atoms with E-state index in [0.717, 1.165) is 23.3 Å². The fraction of sp³-hybridized carbons (Fsp3) is 0.368. The summed E-state index contributed by atoms with van der Waals surface area (Å²) in [5.41, 5.74) is 2.39. The van der Waals surface area contributed by atoms with Gasteiger partial charge in [0.25, 0.3) is 10.0 Å². The van der Waals surface area contributed by atoms with Crippen LogP contribution in [0.4, 0.5) is 5.69 Å². The smallest absolute Gasteiger partial charge is 0.261 e. The van der Waals surface area contributed by atoms with E-state index in [1.54, 1.807) is 42.2 Å². The summed E-state index contributed by atoms with van der Waals surface area (Å²) in [6.07, 6.45) is 3.78. The fourth-order valence-corrected chi connectivity index (χ4v) is 4.99. The molecule has 0 saturated carbocycles. The van der Waals surface area contributed by atoms with E-state index >= 15 is 0 Å². The summed E-state index contributed by atoms with van der Waals surface area (Å²) in [6.45, 7) is 5.07. The number of aromatic nitrogens is 1. The van der Waals surface area contributed by atoms with Crippen LogP contribution in [0.1, 0.15) is 25.0 Å². The first-order chi connectivity index (χ1) is 12.9. The van der Waals surface area contributed by atoms with E-state index in [1.165, 1.54) is 6.20 Å². The molecular weight excluding hydrogens is 382 g/mol. The van der Waals surface area contributed by atoms with Crippen molar-refractivity contribution in [3.63, 3.8) is 0 Å². The number of nitrogens with zero attached hydrogens (tertiary/aromatic N) is 2. The molecule has 0 aliphatic carbocycles. The molecule has 27 heavy (non-hydrogen) atoms. The highest BCUT2D eigenvalue weighted by Crippen LogP contribution is 2.25. The molecule has 1 aliphatic rings. The molecule has 1 aromatic heterocycles. The van der Waals surface area contributed by atoms with Crippen molar-refractivity contribution in [1.82, 2.24) is 9.88 Å². The number of hydrogen-bond donors (Lipinski definition) is 1. The van der Waals surface area contributed by atoms with Crippen LogP contribution in [0.3, 0.4) is 0 Å². The van der Waals surface area contributed by atoms with Crippen LogP contribution in [-0.2, 0) is 27.8 Å². The number of hydrogen-bond acceptors (Lipinski definition) is 5. The molecule has 3 rings (SSSR count). The Labute approximate surface area is 164 Å². The van der Waals surface area contributed by atoms with E-state index in [2.05, 4.69) is 9.71 Å². The average Bonchev–Trinajstić information content (AvgIpc) is 2.67. The van der Waals surface area contributed by atoms with Crippen LogP contribution in [0.2, 0.25) is 0 Å². The molecule has 0 spiro atoms. The van der Waals surface area contributed by atoms with Gasteiger partial charge in [0.15, 0.2) is 0 Å². The second-order valence-corrected chi connectivity index (χ2v) is 9.69. The van der Waals surface area contributed by atoms with Crippen molar-refractivity contribution >= 4 is 33.4 Å². The maximum Gasteiger partial charge on any atom is 0.261 e. The van der Waals surface area contributed by atoms with Crippen molar-refractivity contribution in [3.05, 3.63) is 53.9 Å². The zero-order valence-corrected chi connectivity index (χ0v) is 17.0. The van der Waals surface area contributed by atoms with Gasteiger partial charge in [0.05, 0.1) is 22.0 Å². The Kier molecular flexibility index (Phi) is 6.06. The van der Waals surface area contributed by atoms with Crippen LogP contribution in [-0.4, -0.2) is 41.8 Å². The van der Waals surface area contributed by atoms with Crippen LogP contribution in [0.5, 0.6) is 0 Å². The van der Waals surface area contributed by atoms with Crippen molar-refractivity contribution in [2.75, 3.05) is 17.0 Å². The Morgan fingerprint density at radius 1 is 1.33 bits per heavy atom. The highest BCUT2D eigenvalue weighted by Gasteiger charge is 2.26. The molecule has 0 saturated heterocycles. The minimum atomic E-state index is -3.71. The third-order valence-electron chi connectivity index (χ3n) is 4.49. The van der Waals surface area contributed by atoms with E-state index in [9.17, 15) is 13.2 Å². The molecule has 1 aliphatic heterocycles. The molecule has 0 bridgehead atoms. The number of benzene rings is 1. The summed E-state index contributed by atoms with van der Waals surface area (Å²) in [7, 11) is -3.71. The first-order valence-electron chi connectivity index (χ1n) is 8.85. The number of fused-ring (bicyclic) bond motifs is 1. The lowest BCUT2D eigenvalue weighted by Gasteiger charge is -2.31. The standard InChI is InChI=1S/C19H23N3O3S2/c1-3-26-14(2)19(23)22-10-8-15-6-7-18(11-16(15)13-22)27(24,25)21-17-5-4-9-20-12-17/h4-7,9,11-12,14,21H,3,8,10,13H2,1-2H3/t14-/m1/s1. The summed E-state index contributed by atoms with van der Waals surface area (Å²) in [4.78, 5) is 18.5. The highest BCUT2D eigenvalue weighted by atomic mass is 32.2. The molecule has 1 atom stereocenters. The largest absolute Gasteiger partial charge is 0.337 e. The minimum Gasteiger partial charge on any atom is -0.337 e. The topological polar surface area (TPSA) is 79.4 Å². The van der Waals surface area contributed by atoms with Crippen LogP contribution in [0.25, 0.3) is 0 Å². The van der Waals surface area contributed by atoms with Gasteiger partial charge < -0.3 is 4.90 Å². The third kappa shape index (κ3) is 4.62. The van der Waals surface area contributed by atoms with Gasteiger partial charge in [0.1, 0.15) is 0 Å². The molecule has 1 aromatic carbocycles. The lowest BCUT2D eigenvalue weighted by molar-refractivity contribution is -0.131. The molecule has 2 heterocycles. The van der Waals surface area contributed by atoms with Gasteiger partial charge in [-0.15, -0.1) is 11.8 Å². The van der Waals surface area contributed by atoms with Crippen molar-refractivity contribution in [2.45, 2.75) is 37.0 Å². The van der Waals surface area contributed by atoms with Crippen LogP contribution >= 0.6 is 11.8 Å². The molecule has 2 aromatic rings. The molecule has 1 N–H and O–H groups in total. The van der Waals surface area contributed by atoms with Crippen LogP contribution < -0.4 is 4.72 Å². The summed E-state index contributed by atoms with van der Waals surface area (Å²) in [5.74, 6) is 0.994. The molecule has 8 heteroatoms. The number of carbonyl (C=O) groups excluding carboxylic acids is 1. The summed E-state index contributed by atoms with van der Waals surface area (Å²) >= 11 is 1.62. The van der Waals surface area contributed by atoms with Crippen LogP contribution in [0.15, 0.2) is 47.6 Å². The number of nitrogens with one attached hydrogen (secondary N) is 1. The lowest BCUT2D eigenvalue weighted by atomic mass is 10.00. The molecule has 0 fully saturated rings. The highest BCUT2D eigenvalue weighted by molar-refractivity contribution is 8.00. The number of thioether (sulfide) groups is 1. The monoisotopic (exact) mass is 405 g/mol. The van der Waals surface area contributed by atoms with Gasteiger partial charge in [0, 0.05) is 19.3 Å². The van der Waals surface area contributed by atoms with E-state index in [0.29, 0.717) is 18.8 Å². The van der Waals surface area contributed by atoms with Gasteiger partial charge in [-0.25, -0.2) is 8.42 Å². The van der Waals surface area contributed by atoms with E-state index in [4.69, 9.17) is 0 Å². The Morgan fingerprint density at radius 2 is 2.15 bits per heavy atom. The quantitative estimate of drug-likeness (QED) is 0.799. The molecular formula is C19H23N3O3S2. The van der Waals surface area contributed by atoms with Gasteiger partial charge in [-0.2, -0.15) is 0 Å². The van der Waals surface area contributed by atoms with Gasteiger partial charge >= 0.3 is 0 Å². The minimum absolute atomic E-state index is 0.0873. The fourth-order valence-electron chi connectivity index (χ4n) is 3.10. The van der Waals surface area contributed by atoms with E-state index < -0.39 is 10.0 Å². The predicted molar refractivity (Wildman–Crippen MR) is 108 cm³/mol. The first-order valence-corrected chi connectivity index (χ1v) is 11.4. The number of sulfonamides is 1. The van der Waals surface area contributed by atoms with E-state index in [-0.39, 0.29) is 16.1 Å². The normalized spacial score (nSPS) is 15.1. The SMILES string of the molecule is CCS[C@H](C)C(=O)N1CCc2ccc(S(=O)(=O)Nc3cccnc3)cc2C1.